The molecule has 3 aromatic rings. The van der Waals surface area contributed by atoms with Crippen LogP contribution in [-0.4, -0.2) is 48.5 Å². The topological polar surface area (TPSA) is 103 Å². The van der Waals surface area contributed by atoms with Gasteiger partial charge in [0.1, 0.15) is 0 Å². The fourth-order valence-electron chi connectivity index (χ4n) is 4.40. The molecule has 0 amide bonds. The summed E-state index contributed by atoms with van der Waals surface area (Å²) in [5.41, 5.74) is 6.74. The van der Waals surface area contributed by atoms with Gasteiger partial charge in [0.2, 0.25) is 0 Å². The van der Waals surface area contributed by atoms with Gasteiger partial charge in [0.05, 0.1) is 23.0 Å². The van der Waals surface area contributed by atoms with E-state index in [0.717, 1.165) is 41.2 Å². The van der Waals surface area contributed by atoms with Crippen molar-refractivity contribution in [1.29, 1.82) is 5.26 Å². The molecule has 5 rings (SSSR count). The zero-order chi connectivity index (χ0) is 22.4. The Morgan fingerprint density at radius 3 is 2.47 bits per heavy atom. The Kier molecular flexibility index (Phi) is 4.85. The molecule has 4 N–H and O–H groups in total. The number of likely N-dealkylation sites (N-methyl/N-ethyl adjacent to an activating group) is 1. The van der Waals surface area contributed by atoms with Gasteiger partial charge in [0.25, 0.3) is 0 Å². The van der Waals surface area contributed by atoms with Crippen molar-refractivity contribution in [1.82, 2.24) is 9.47 Å². The molecule has 0 saturated carbocycles. The molecule has 2 aromatic carbocycles. The van der Waals surface area contributed by atoms with E-state index >= 15 is 0 Å². The molecule has 162 valence electrons. The van der Waals surface area contributed by atoms with Crippen LogP contribution in [-0.2, 0) is 6.54 Å². The Labute approximate surface area is 187 Å². The monoisotopic (exact) mass is 426 g/mol. The lowest BCUT2D eigenvalue weighted by Crippen LogP contribution is -2.57. The Bertz CT molecular complexity index is 1230. The minimum atomic E-state index is 0.507. The molecule has 32 heavy (non-hydrogen) atoms. The number of rotatable bonds is 3. The molecule has 2 aliphatic heterocycles. The second kappa shape index (κ2) is 7.71. The van der Waals surface area contributed by atoms with Crippen LogP contribution >= 0.6 is 0 Å². The van der Waals surface area contributed by atoms with E-state index in [4.69, 9.17) is 16.9 Å². The van der Waals surface area contributed by atoms with E-state index in [9.17, 15) is 0 Å². The van der Waals surface area contributed by atoms with Gasteiger partial charge in [-0.25, -0.2) is 5.84 Å². The average Bonchev–Trinajstić information content (AvgIpc) is 3.12. The number of hydrogen-bond acceptors (Lipinski definition) is 6. The molecule has 8 heteroatoms. The summed E-state index contributed by atoms with van der Waals surface area (Å²) < 4.78 is 2.13. The summed E-state index contributed by atoms with van der Waals surface area (Å²) in [4.78, 5) is 4.65. The van der Waals surface area contributed by atoms with Crippen molar-refractivity contribution in [2.24, 2.45) is 16.8 Å². The third-order valence-electron chi connectivity index (χ3n) is 6.44. The second-order valence-corrected chi connectivity index (χ2v) is 8.59. The number of anilines is 2. The van der Waals surface area contributed by atoms with Crippen molar-refractivity contribution >= 4 is 17.2 Å². The van der Waals surface area contributed by atoms with Crippen molar-refractivity contribution in [3.05, 3.63) is 71.5 Å². The van der Waals surface area contributed by atoms with Gasteiger partial charge in [-0.3, -0.25) is 5.01 Å². The molecule has 0 atom stereocenters. The first-order chi connectivity index (χ1) is 15.5. The number of hydrazone groups is 1. The third kappa shape index (κ3) is 3.28. The highest BCUT2D eigenvalue weighted by molar-refractivity contribution is 6.09. The van der Waals surface area contributed by atoms with Gasteiger partial charge >= 0.3 is 0 Å². The largest absolute Gasteiger partial charge is 0.368 e. The molecule has 3 heterocycles. The molecule has 0 spiro atoms. The molecule has 2 aliphatic rings. The average molecular weight is 427 g/mol. The van der Waals surface area contributed by atoms with Crippen LogP contribution in [0.3, 0.4) is 0 Å². The van der Waals surface area contributed by atoms with Crippen LogP contribution in [0.15, 0.2) is 59.8 Å². The number of nitriles is 1. The maximum absolute atomic E-state index is 9.07. The predicted octanol–water partition coefficient (Wildman–Crippen LogP) is 2.14. The molecule has 0 aliphatic carbocycles. The predicted molar refractivity (Wildman–Crippen MR) is 127 cm³/mol. The number of nitrogens with two attached hydrogens (primary N) is 2. The molecule has 0 unspecified atom stereocenters. The zero-order valence-electron chi connectivity index (χ0n) is 18.2. The fraction of sp³-hybridized carbons (Fsp3) is 0.250. The van der Waals surface area contributed by atoms with E-state index in [1.165, 1.54) is 5.69 Å². The maximum atomic E-state index is 9.07. The summed E-state index contributed by atoms with van der Waals surface area (Å²) in [5.74, 6) is 12.8. The molecule has 1 aromatic heterocycles. The molecule has 0 bridgehead atoms. The SMILES string of the molecule is CN(C)C1CN(c2ccc3c(c2)Cn2cc(-c4ccc(C#N)cc4)cc2/C(=N/N)N3N)C1. The molecule has 0 radical (unpaired) electrons. The van der Waals surface area contributed by atoms with Crippen LogP contribution in [0, 0.1) is 11.3 Å². The first-order valence-electron chi connectivity index (χ1n) is 10.6. The summed E-state index contributed by atoms with van der Waals surface area (Å²) in [6, 6.07) is 18.7. The number of amidine groups is 1. The van der Waals surface area contributed by atoms with Gasteiger partial charge in [0, 0.05) is 43.1 Å². The highest BCUT2D eigenvalue weighted by Gasteiger charge is 2.30. The summed E-state index contributed by atoms with van der Waals surface area (Å²) in [7, 11) is 4.25. The van der Waals surface area contributed by atoms with Gasteiger partial charge in [-0.05, 0) is 61.6 Å². The second-order valence-electron chi connectivity index (χ2n) is 8.59. The van der Waals surface area contributed by atoms with E-state index in [1.807, 2.05) is 36.4 Å². The first kappa shape index (κ1) is 20.1. The van der Waals surface area contributed by atoms with E-state index in [1.54, 1.807) is 5.01 Å². The first-order valence-corrected chi connectivity index (χ1v) is 10.6. The Balaban J connectivity index is 1.51. The number of benzene rings is 2. The number of hydrazine groups is 1. The highest BCUT2D eigenvalue weighted by Crippen LogP contribution is 2.34. The van der Waals surface area contributed by atoms with Crippen LogP contribution in [0.5, 0.6) is 0 Å². The molecular formula is C24H26N8. The normalized spacial score (nSPS) is 17.0. The lowest BCUT2D eigenvalue weighted by atomic mass is 10.0. The zero-order valence-corrected chi connectivity index (χ0v) is 18.2. The molecule has 1 fully saturated rings. The van der Waals surface area contributed by atoms with E-state index in [2.05, 4.69) is 58.0 Å². The number of aromatic nitrogens is 1. The minimum Gasteiger partial charge on any atom is -0.368 e. The summed E-state index contributed by atoms with van der Waals surface area (Å²) in [6.45, 7) is 2.70. The molecule has 8 nitrogen and oxygen atoms in total. The lowest BCUT2D eigenvalue weighted by molar-refractivity contribution is 0.247. The fourth-order valence-corrected chi connectivity index (χ4v) is 4.40. The number of nitrogens with zero attached hydrogens (tertiary/aromatic N) is 6. The van der Waals surface area contributed by atoms with Gasteiger partial charge in [-0.1, -0.05) is 12.1 Å². The van der Waals surface area contributed by atoms with E-state index < -0.39 is 0 Å². The maximum Gasteiger partial charge on any atom is 0.190 e. The van der Waals surface area contributed by atoms with Crippen molar-refractivity contribution in [2.75, 3.05) is 37.1 Å². The van der Waals surface area contributed by atoms with E-state index in [-0.39, 0.29) is 0 Å². The smallest absolute Gasteiger partial charge is 0.190 e. The van der Waals surface area contributed by atoms with Gasteiger partial charge in [-0.2, -0.15) is 10.4 Å². The van der Waals surface area contributed by atoms with Crippen molar-refractivity contribution < 1.29 is 0 Å². The van der Waals surface area contributed by atoms with Crippen molar-refractivity contribution in [3.63, 3.8) is 0 Å². The Morgan fingerprint density at radius 1 is 1.06 bits per heavy atom. The van der Waals surface area contributed by atoms with Crippen LogP contribution in [0.25, 0.3) is 11.1 Å². The standard InChI is InChI=1S/C24H26N8/c1-29(2)21-14-30(15-21)20-7-8-22-19(9-20)13-31-12-18(10-23(31)24(28-26)32(22)27)17-5-3-16(11-25)4-6-17/h3-10,12,21H,13-15,26-27H2,1-2H3/b28-24-. The van der Waals surface area contributed by atoms with Crippen LogP contribution < -0.4 is 21.6 Å². The van der Waals surface area contributed by atoms with Crippen molar-refractivity contribution in [3.8, 4) is 17.2 Å². The Hall–Kier alpha value is -3.80. The lowest BCUT2D eigenvalue weighted by Gasteiger charge is -2.44. The molecule has 1 saturated heterocycles. The third-order valence-corrected chi connectivity index (χ3v) is 6.44. The summed E-state index contributed by atoms with van der Waals surface area (Å²) in [5, 5.41) is 14.7. The van der Waals surface area contributed by atoms with Crippen LogP contribution in [0.1, 0.15) is 16.8 Å². The molecular weight excluding hydrogens is 400 g/mol. The minimum absolute atomic E-state index is 0.507. The number of fused-ring (bicyclic) bond motifs is 2. The van der Waals surface area contributed by atoms with Crippen LogP contribution in [0.2, 0.25) is 0 Å². The number of hydrogen-bond donors (Lipinski definition) is 2. The summed E-state index contributed by atoms with van der Waals surface area (Å²) in [6.07, 6.45) is 2.09. The van der Waals surface area contributed by atoms with Gasteiger partial charge in [0.15, 0.2) is 5.84 Å². The quantitative estimate of drug-likeness (QED) is 0.491. The highest BCUT2D eigenvalue weighted by atomic mass is 15.5. The van der Waals surface area contributed by atoms with Gasteiger partial charge in [-0.15, -0.1) is 0 Å². The van der Waals surface area contributed by atoms with Crippen LogP contribution in [0.4, 0.5) is 11.4 Å². The van der Waals surface area contributed by atoms with Gasteiger partial charge < -0.3 is 20.2 Å². The van der Waals surface area contributed by atoms with E-state index in [0.29, 0.717) is 24.0 Å². The van der Waals surface area contributed by atoms with Crippen molar-refractivity contribution in [2.45, 2.75) is 12.6 Å². The summed E-state index contributed by atoms with van der Waals surface area (Å²) >= 11 is 0. The Morgan fingerprint density at radius 2 is 1.81 bits per heavy atom.